The van der Waals surface area contributed by atoms with Gasteiger partial charge in [0.2, 0.25) is 0 Å². The summed E-state index contributed by atoms with van der Waals surface area (Å²) in [5.41, 5.74) is 6.83. The molecule has 5 heteroatoms. The second kappa shape index (κ2) is 8.15. The topological polar surface area (TPSA) is 41.9 Å². The average Bonchev–Trinajstić information content (AvgIpc) is 2.87. The van der Waals surface area contributed by atoms with Gasteiger partial charge in [-0.15, -0.1) is 0 Å². The van der Waals surface area contributed by atoms with Crippen molar-refractivity contribution in [3.63, 3.8) is 0 Å². The van der Waals surface area contributed by atoms with Crippen LogP contribution in [0.4, 0.5) is 5.69 Å². The van der Waals surface area contributed by atoms with Gasteiger partial charge in [0.05, 0.1) is 12.2 Å². The van der Waals surface area contributed by atoms with E-state index in [1.807, 2.05) is 25.1 Å². The lowest BCUT2D eigenvalue weighted by Crippen LogP contribution is -2.28. The van der Waals surface area contributed by atoms with Crippen molar-refractivity contribution < 1.29 is 0 Å². The van der Waals surface area contributed by atoms with E-state index < -0.39 is 0 Å². The minimum atomic E-state index is 0.616. The fourth-order valence-electron chi connectivity index (χ4n) is 2.97. The smallest absolute Gasteiger partial charge is 0.171 e. The van der Waals surface area contributed by atoms with E-state index in [0.717, 1.165) is 23.6 Å². The zero-order chi connectivity index (χ0) is 18.5. The lowest BCUT2D eigenvalue weighted by atomic mass is 10.2. The minimum absolute atomic E-state index is 0.616. The Hall–Kier alpha value is -2.66. The van der Waals surface area contributed by atoms with Gasteiger partial charge in [0.1, 0.15) is 0 Å². The molecule has 0 aliphatic heterocycles. The van der Waals surface area contributed by atoms with Crippen LogP contribution < -0.4 is 10.6 Å². The van der Waals surface area contributed by atoms with E-state index in [2.05, 4.69) is 65.6 Å². The summed E-state index contributed by atoms with van der Waals surface area (Å²) >= 11 is 5.43. The Morgan fingerprint density at radius 3 is 2.54 bits per heavy atom. The molecular formula is C21H24N4S. The molecule has 0 atom stereocenters. The van der Waals surface area contributed by atoms with Crippen molar-refractivity contribution in [3.8, 4) is 0 Å². The van der Waals surface area contributed by atoms with Gasteiger partial charge in [-0.25, -0.2) is 0 Å². The fourth-order valence-corrected chi connectivity index (χ4v) is 3.16. The third-order valence-electron chi connectivity index (χ3n) is 4.41. The average molecular weight is 365 g/mol. The maximum atomic E-state index is 5.43. The van der Waals surface area contributed by atoms with Gasteiger partial charge in [-0.3, -0.25) is 4.68 Å². The summed E-state index contributed by atoms with van der Waals surface area (Å²) in [4.78, 5) is 0. The molecule has 0 aliphatic carbocycles. The lowest BCUT2D eigenvalue weighted by Gasteiger charge is -2.11. The van der Waals surface area contributed by atoms with E-state index in [9.17, 15) is 0 Å². The van der Waals surface area contributed by atoms with Crippen LogP contribution in [0.15, 0.2) is 54.6 Å². The number of nitrogens with one attached hydrogen (secondary N) is 2. The van der Waals surface area contributed by atoms with Gasteiger partial charge in [-0.1, -0.05) is 42.5 Å². The highest BCUT2D eigenvalue weighted by Crippen LogP contribution is 2.15. The van der Waals surface area contributed by atoms with Crippen LogP contribution in [-0.2, 0) is 13.1 Å². The third-order valence-corrected chi connectivity index (χ3v) is 4.65. The number of benzene rings is 2. The van der Waals surface area contributed by atoms with E-state index in [1.165, 1.54) is 16.7 Å². The summed E-state index contributed by atoms with van der Waals surface area (Å²) < 4.78 is 2.05. The highest BCUT2D eigenvalue weighted by Gasteiger charge is 2.12. The molecule has 0 radical (unpaired) electrons. The van der Waals surface area contributed by atoms with E-state index in [-0.39, 0.29) is 0 Å². The van der Waals surface area contributed by atoms with Gasteiger partial charge in [-0.2, -0.15) is 5.10 Å². The Bertz CT molecular complexity index is 900. The first-order valence-electron chi connectivity index (χ1n) is 8.71. The Balaban J connectivity index is 1.63. The predicted octanol–water partition coefficient (Wildman–Crippen LogP) is 4.34. The summed E-state index contributed by atoms with van der Waals surface area (Å²) in [7, 11) is 0. The summed E-state index contributed by atoms with van der Waals surface area (Å²) in [6.45, 7) is 7.65. The molecule has 26 heavy (non-hydrogen) atoms. The first-order chi connectivity index (χ1) is 12.5. The Kier molecular flexibility index (Phi) is 5.68. The molecular weight excluding hydrogens is 340 g/mol. The summed E-state index contributed by atoms with van der Waals surface area (Å²) in [6, 6.07) is 18.5. The third kappa shape index (κ3) is 4.49. The van der Waals surface area contributed by atoms with Crippen LogP contribution >= 0.6 is 12.2 Å². The standard InChI is InChI=1S/C21H24N4S/c1-15-8-7-11-19(12-15)23-21(26)22-13-20-16(2)24-25(17(20)3)14-18-9-5-4-6-10-18/h4-12H,13-14H2,1-3H3,(H2,22,23,26). The minimum Gasteiger partial charge on any atom is -0.358 e. The zero-order valence-electron chi connectivity index (χ0n) is 15.4. The largest absolute Gasteiger partial charge is 0.358 e. The SMILES string of the molecule is Cc1cccc(NC(=S)NCc2c(C)nn(Cc3ccccc3)c2C)c1. The zero-order valence-corrected chi connectivity index (χ0v) is 16.2. The van der Waals surface area contributed by atoms with Crippen molar-refractivity contribution in [2.24, 2.45) is 0 Å². The predicted molar refractivity (Wildman–Crippen MR) is 111 cm³/mol. The maximum absolute atomic E-state index is 5.43. The molecule has 0 aliphatic rings. The Morgan fingerprint density at radius 1 is 1.04 bits per heavy atom. The maximum Gasteiger partial charge on any atom is 0.171 e. The molecule has 0 bridgehead atoms. The van der Waals surface area contributed by atoms with Crippen LogP contribution in [0.3, 0.4) is 0 Å². The van der Waals surface area contributed by atoms with Gasteiger partial charge < -0.3 is 10.6 Å². The molecule has 2 aromatic carbocycles. The van der Waals surface area contributed by atoms with Crippen LogP contribution in [-0.4, -0.2) is 14.9 Å². The van der Waals surface area contributed by atoms with Crippen LogP contribution in [0.25, 0.3) is 0 Å². The van der Waals surface area contributed by atoms with Gasteiger partial charge in [0.25, 0.3) is 0 Å². The Morgan fingerprint density at radius 2 is 1.81 bits per heavy atom. The first kappa shape index (κ1) is 18.1. The number of hydrogen-bond donors (Lipinski definition) is 2. The van der Waals surface area contributed by atoms with Crippen molar-refractivity contribution in [1.29, 1.82) is 0 Å². The second-order valence-electron chi connectivity index (χ2n) is 6.47. The summed E-state index contributed by atoms with van der Waals surface area (Å²) in [5, 5.41) is 11.8. The molecule has 4 nitrogen and oxygen atoms in total. The normalized spacial score (nSPS) is 10.6. The van der Waals surface area contributed by atoms with Crippen molar-refractivity contribution in [2.45, 2.75) is 33.9 Å². The summed E-state index contributed by atoms with van der Waals surface area (Å²) in [5.74, 6) is 0. The number of thiocarbonyl (C=S) groups is 1. The van der Waals surface area contributed by atoms with E-state index in [4.69, 9.17) is 17.3 Å². The highest BCUT2D eigenvalue weighted by atomic mass is 32.1. The van der Waals surface area contributed by atoms with Gasteiger partial charge in [0.15, 0.2) is 5.11 Å². The second-order valence-corrected chi connectivity index (χ2v) is 6.88. The lowest BCUT2D eigenvalue weighted by molar-refractivity contribution is 0.657. The summed E-state index contributed by atoms with van der Waals surface area (Å²) in [6.07, 6.45) is 0. The van der Waals surface area contributed by atoms with Crippen molar-refractivity contribution in [1.82, 2.24) is 15.1 Å². The highest BCUT2D eigenvalue weighted by molar-refractivity contribution is 7.80. The molecule has 134 valence electrons. The number of aromatic nitrogens is 2. The molecule has 3 rings (SSSR count). The number of hydrogen-bond acceptors (Lipinski definition) is 2. The molecule has 1 heterocycles. The molecule has 0 spiro atoms. The fraction of sp³-hybridized carbons (Fsp3) is 0.238. The molecule has 0 fully saturated rings. The Labute approximate surface area is 160 Å². The van der Waals surface area contributed by atoms with Gasteiger partial charge in [0, 0.05) is 23.5 Å². The number of nitrogens with zero attached hydrogens (tertiary/aromatic N) is 2. The molecule has 0 unspecified atom stereocenters. The quantitative estimate of drug-likeness (QED) is 0.661. The van der Waals surface area contributed by atoms with Crippen LogP contribution in [0.2, 0.25) is 0 Å². The van der Waals surface area contributed by atoms with Gasteiger partial charge >= 0.3 is 0 Å². The molecule has 1 aromatic heterocycles. The monoisotopic (exact) mass is 364 g/mol. The van der Waals surface area contributed by atoms with Crippen molar-refractivity contribution >= 4 is 23.0 Å². The van der Waals surface area contributed by atoms with Crippen LogP contribution in [0, 0.1) is 20.8 Å². The van der Waals surface area contributed by atoms with E-state index in [0.29, 0.717) is 11.7 Å². The number of rotatable bonds is 5. The molecule has 0 saturated carbocycles. The van der Waals surface area contributed by atoms with Crippen LogP contribution in [0.5, 0.6) is 0 Å². The van der Waals surface area contributed by atoms with E-state index in [1.54, 1.807) is 0 Å². The molecule has 3 aromatic rings. The van der Waals surface area contributed by atoms with Crippen molar-refractivity contribution in [3.05, 3.63) is 82.7 Å². The van der Waals surface area contributed by atoms with Crippen LogP contribution in [0.1, 0.15) is 28.1 Å². The molecule has 2 N–H and O–H groups in total. The first-order valence-corrected chi connectivity index (χ1v) is 9.12. The molecule has 0 saturated heterocycles. The van der Waals surface area contributed by atoms with E-state index >= 15 is 0 Å². The number of anilines is 1. The van der Waals surface area contributed by atoms with Crippen molar-refractivity contribution in [2.75, 3.05) is 5.32 Å². The number of aryl methyl sites for hydroxylation is 2. The molecule has 0 amide bonds. The van der Waals surface area contributed by atoms with Gasteiger partial charge in [-0.05, 0) is 56.2 Å².